The number of nitrogens with zero attached hydrogens (tertiary/aromatic N) is 1. The molecule has 0 heterocycles. The molecule has 0 saturated carbocycles. The summed E-state index contributed by atoms with van der Waals surface area (Å²) in [6.07, 6.45) is 1.35. The molecule has 0 aliphatic rings. The van der Waals surface area contributed by atoms with E-state index in [1.807, 2.05) is 92.7 Å². The lowest BCUT2D eigenvalue weighted by Gasteiger charge is -2.32. The molecule has 0 fully saturated rings. The van der Waals surface area contributed by atoms with Crippen LogP contribution >= 0.6 is 15.9 Å². The molecule has 3 rings (SSSR count). The van der Waals surface area contributed by atoms with Crippen LogP contribution in [0.5, 0.6) is 5.75 Å². The van der Waals surface area contributed by atoms with Crippen molar-refractivity contribution in [1.29, 1.82) is 0 Å². The molecule has 0 saturated heterocycles. The van der Waals surface area contributed by atoms with Crippen molar-refractivity contribution in [3.8, 4) is 5.75 Å². The number of carbonyl (C=O) groups is 2. The Morgan fingerprint density at radius 1 is 0.886 bits per heavy atom. The highest BCUT2D eigenvalue weighted by molar-refractivity contribution is 9.10. The number of hydrogen-bond donors (Lipinski definition) is 1. The van der Waals surface area contributed by atoms with E-state index >= 15 is 0 Å². The van der Waals surface area contributed by atoms with E-state index in [1.54, 1.807) is 4.90 Å². The van der Waals surface area contributed by atoms with Gasteiger partial charge in [-0.1, -0.05) is 77.5 Å². The summed E-state index contributed by atoms with van der Waals surface area (Å²) in [6, 6.07) is 24.6. The van der Waals surface area contributed by atoms with E-state index in [0.717, 1.165) is 22.0 Å². The Hall–Kier alpha value is -3.12. The molecule has 0 aliphatic heterocycles. The number of halogens is 1. The Bertz CT molecular complexity index is 1080. The number of amides is 2. The molecule has 1 N–H and O–H groups in total. The van der Waals surface area contributed by atoms with Gasteiger partial charge >= 0.3 is 0 Å². The van der Waals surface area contributed by atoms with Crippen LogP contribution in [0.25, 0.3) is 0 Å². The third-order valence-corrected chi connectivity index (χ3v) is 6.19. The van der Waals surface area contributed by atoms with Gasteiger partial charge in [-0.25, -0.2) is 0 Å². The van der Waals surface area contributed by atoms with E-state index in [2.05, 4.69) is 28.2 Å². The molecule has 1 atom stereocenters. The zero-order valence-electron chi connectivity index (χ0n) is 20.5. The molecule has 3 aromatic rings. The molecule has 0 aromatic heterocycles. The van der Waals surface area contributed by atoms with E-state index in [4.69, 9.17) is 4.74 Å². The highest BCUT2D eigenvalue weighted by atomic mass is 79.9. The summed E-state index contributed by atoms with van der Waals surface area (Å²) >= 11 is 3.46. The van der Waals surface area contributed by atoms with Crippen molar-refractivity contribution < 1.29 is 14.3 Å². The normalized spacial score (nSPS) is 11.7. The Labute approximate surface area is 216 Å². The van der Waals surface area contributed by atoms with Crippen molar-refractivity contribution in [2.24, 2.45) is 0 Å². The predicted octanol–water partition coefficient (Wildman–Crippen LogP) is 5.56. The van der Waals surface area contributed by atoms with Gasteiger partial charge in [-0.2, -0.15) is 0 Å². The largest absolute Gasteiger partial charge is 0.484 e. The maximum atomic E-state index is 13.5. The lowest BCUT2D eigenvalue weighted by Crippen LogP contribution is -2.52. The van der Waals surface area contributed by atoms with Gasteiger partial charge in [0.1, 0.15) is 11.8 Å². The molecule has 0 aliphatic carbocycles. The molecule has 2 amide bonds. The zero-order valence-corrected chi connectivity index (χ0v) is 22.1. The number of ether oxygens (including phenoxy) is 1. The lowest BCUT2D eigenvalue weighted by molar-refractivity contribution is -0.143. The molecule has 5 nitrogen and oxygen atoms in total. The van der Waals surface area contributed by atoms with Crippen molar-refractivity contribution in [3.05, 3.63) is 100 Å². The van der Waals surface area contributed by atoms with Crippen molar-refractivity contribution in [2.45, 2.75) is 52.2 Å². The summed E-state index contributed by atoms with van der Waals surface area (Å²) in [6.45, 7) is 6.08. The van der Waals surface area contributed by atoms with Crippen LogP contribution in [0.1, 0.15) is 37.5 Å². The van der Waals surface area contributed by atoms with Crippen LogP contribution in [0, 0.1) is 0 Å². The summed E-state index contributed by atoms with van der Waals surface area (Å²) in [7, 11) is 0. The first-order valence-electron chi connectivity index (χ1n) is 12.0. The summed E-state index contributed by atoms with van der Waals surface area (Å²) in [5.74, 6) is 0.208. The number of rotatable bonds is 11. The lowest BCUT2D eigenvalue weighted by atomic mass is 10.0. The standard InChI is InChI=1S/C29H33BrN2O3/c1-4-22-12-16-26(17-13-22)35-20-28(33)32(19-24-10-14-25(30)15-11-24)27(29(34)31-21(2)3)18-23-8-6-5-7-9-23/h5-17,21,27H,4,18-20H2,1-3H3,(H,31,34)/t27-/m0/s1. The van der Waals surface area contributed by atoms with E-state index in [0.29, 0.717) is 18.7 Å². The van der Waals surface area contributed by atoms with Crippen LogP contribution < -0.4 is 10.1 Å². The first-order chi connectivity index (χ1) is 16.9. The molecule has 184 valence electrons. The summed E-state index contributed by atoms with van der Waals surface area (Å²) in [4.78, 5) is 28.5. The average molecular weight is 537 g/mol. The summed E-state index contributed by atoms with van der Waals surface area (Å²) in [5.41, 5.74) is 3.12. The predicted molar refractivity (Wildman–Crippen MR) is 143 cm³/mol. The van der Waals surface area contributed by atoms with E-state index in [-0.39, 0.29) is 24.5 Å². The first-order valence-corrected chi connectivity index (χ1v) is 12.7. The second-order valence-electron chi connectivity index (χ2n) is 8.80. The molecule has 0 unspecified atom stereocenters. The average Bonchev–Trinajstić information content (AvgIpc) is 2.86. The minimum Gasteiger partial charge on any atom is -0.484 e. The zero-order chi connectivity index (χ0) is 25.2. The van der Waals surface area contributed by atoms with Crippen LogP contribution in [-0.4, -0.2) is 35.4 Å². The molecule has 0 spiro atoms. The van der Waals surface area contributed by atoms with E-state index in [1.165, 1.54) is 5.56 Å². The number of hydrogen-bond acceptors (Lipinski definition) is 3. The van der Waals surface area contributed by atoms with Gasteiger partial charge < -0.3 is 15.0 Å². The van der Waals surface area contributed by atoms with Gasteiger partial charge in [0.25, 0.3) is 5.91 Å². The SMILES string of the molecule is CCc1ccc(OCC(=O)N(Cc2ccc(Br)cc2)[C@@H](Cc2ccccc2)C(=O)NC(C)C)cc1. The maximum Gasteiger partial charge on any atom is 0.261 e. The minimum absolute atomic E-state index is 0.0428. The van der Waals surface area contributed by atoms with Crippen LogP contribution in [0.15, 0.2) is 83.3 Å². The Kier molecular flexibility index (Phi) is 9.91. The minimum atomic E-state index is -0.679. The van der Waals surface area contributed by atoms with Crippen molar-refractivity contribution >= 4 is 27.7 Å². The summed E-state index contributed by atoms with van der Waals surface area (Å²) in [5, 5.41) is 3.00. The van der Waals surface area contributed by atoms with Gasteiger partial charge in [-0.05, 0) is 61.2 Å². The number of nitrogens with one attached hydrogen (secondary N) is 1. The van der Waals surface area contributed by atoms with Crippen LogP contribution in [0.2, 0.25) is 0 Å². The smallest absolute Gasteiger partial charge is 0.261 e. The third kappa shape index (κ3) is 8.25. The number of carbonyl (C=O) groups excluding carboxylic acids is 2. The van der Waals surface area contributed by atoms with Crippen molar-refractivity contribution in [2.75, 3.05) is 6.61 Å². The molecular weight excluding hydrogens is 504 g/mol. The van der Waals surface area contributed by atoms with Gasteiger partial charge in [0.2, 0.25) is 5.91 Å². The van der Waals surface area contributed by atoms with Crippen LogP contribution in [0.3, 0.4) is 0 Å². The fraction of sp³-hybridized carbons (Fsp3) is 0.310. The molecule has 0 radical (unpaired) electrons. The monoisotopic (exact) mass is 536 g/mol. The van der Waals surface area contributed by atoms with Crippen molar-refractivity contribution in [1.82, 2.24) is 10.2 Å². The second-order valence-corrected chi connectivity index (χ2v) is 9.72. The molecular formula is C29H33BrN2O3. The number of benzene rings is 3. The van der Waals surface area contributed by atoms with Crippen LogP contribution in [0.4, 0.5) is 0 Å². The molecule has 6 heteroatoms. The maximum absolute atomic E-state index is 13.5. The van der Waals surface area contributed by atoms with Crippen molar-refractivity contribution in [3.63, 3.8) is 0 Å². The van der Waals surface area contributed by atoms with Gasteiger partial charge in [-0.3, -0.25) is 9.59 Å². The third-order valence-electron chi connectivity index (χ3n) is 5.66. The highest BCUT2D eigenvalue weighted by Crippen LogP contribution is 2.18. The first kappa shape index (κ1) is 26.5. The molecule has 3 aromatic carbocycles. The Balaban J connectivity index is 1.87. The number of aryl methyl sites for hydroxylation is 1. The van der Waals surface area contributed by atoms with Gasteiger partial charge in [0.05, 0.1) is 0 Å². The Morgan fingerprint density at radius 3 is 2.11 bits per heavy atom. The van der Waals surface area contributed by atoms with Crippen LogP contribution in [-0.2, 0) is 29.0 Å². The second kappa shape index (κ2) is 13.1. The van der Waals surface area contributed by atoms with E-state index in [9.17, 15) is 9.59 Å². The van der Waals surface area contributed by atoms with Gasteiger partial charge in [-0.15, -0.1) is 0 Å². The van der Waals surface area contributed by atoms with E-state index < -0.39 is 6.04 Å². The van der Waals surface area contributed by atoms with Gasteiger partial charge in [0, 0.05) is 23.5 Å². The molecule has 35 heavy (non-hydrogen) atoms. The quantitative estimate of drug-likeness (QED) is 0.349. The fourth-order valence-electron chi connectivity index (χ4n) is 3.77. The highest BCUT2D eigenvalue weighted by Gasteiger charge is 2.31. The topological polar surface area (TPSA) is 58.6 Å². The Morgan fingerprint density at radius 2 is 1.51 bits per heavy atom. The summed E-state index contributed by atoms with van der Waals surface area (Å²) < 4.78 is 6.79. The fourth-order valence-corrected chi connectivity index (χ4v) is 4.03. The molecule has 0 bridgehead atoms. The van der Waals surface area contributed by atoms with Gasteiger partial charge in [0.15, 0.2) is 6.61 Å².